The molecule has 0 spiro atoms. The van der Waals surface area contributed by atoms with E-state index in [1.165, 1.54) is 12.8 Å². The summed E-state index contributed by atoms with van der Waals surface area (Å²) in [6.07, 6.45) is 3.52. The predicted octanol–water partition coefficient (Wildman–Crippen LogP) is 1.94. The highest BCUT2D eigenvalue weighted by Gasteiger charge is 2.57. The lowest BCUT2D eigenvalue weighted by Crippen LogP contribution is -2.70. The summed E-state index contributed by atoms with van der Waals surface area (Å²) >= 11 is 0. The zero-order chi connectivity index (χ0) is 12.6. The lowest BCUT2D eigenvalue weighted by molar-refractivity contribution is -0.194. The molecule has 100 valence electrons. The molecule has 2 fully saturated rings. The Morgan fingerprint density at radius 2 is 2.12 bits per heavy atom. The van der Waals surface area contributed by atoms with Crippen molar-refractivity contribution in [2.24, 2.45) is 11.3 Å². The van der Waals surface area contributed by atoms with Crippen LogP contribution in [0.15, 0.2) is 0 Å². The van der Waals surface area contributed by atoms with Gasteiger partial charge in [-0.15, -0.1) is 0 Å². The number of aliphatic hydroxyl groups is 1. The molecule has 5 atom stereocenters. The third-order valence-electron chi connectivity index (χ3n) is 4.49. The van der Waals surface area contributed by atoms with Crippen LogP contribution < -0.4 is 5.32 Å². The van der Waals surface area contributed by atoms with Gasteiger partial charge in [0.2, 0.25) is 0 Å². The van der Waals surface area contributed by atoms with Gasteiger partial charge in [-0.1, -0.05) is 13.8 Å². The minimum absolute atomic E-state index is 0.223. The largest absolute Gasteiger partial charge is 0.393 e. The van der Waals surface area contributed by atoms with Crippen molar-refractivity contribution in [2.45, 2.75) is 71.2 Å². The van der Waals surface area contributed by atoms with Crippen molar-refractivity contribution < 1.29 is 9.84 Å². The van der Waals surface area contributed by atoms with E-state index in [1.54, 1.807) is 0 Å². The molecule has 0 radical (unpaired) electrons. The van der Waals surface area contributed by atoms with E-state index in [0.717, 1.165) is 13.0 Å². The van der Waals surface area contributed by atoms with Crippen molar-refractivity contribution in [2.75, 3.05) is 6.61 Å². The smallest absolute Gasteiger partial charge is 0.0684 e. The second-order valence-corrected chi connectivity index (χ2v) is 6.55. The molecule has 1 saturated heterocycles. The van der Waals surface area contributed by atoms with Crippen LogP contribution in [0.3, 0.4) is 0 Å². The standard InChI is InChI=1S/C14H27NO2/c1-9(8-10(2)16)15-12-11-6-5-7-17-13(11)14(12,3)4/h9-13,15-16H,5-8H2,1-4H3. The van der Waals surface area contributed by atoms with Crippen LogP contribution in [0, 0.1) is 11.3 Å². The van der Waals surface area contributed by atoms with Crippen LogP contribution in [0.4, 0.5) is 0 Å². The summed E-state index contributed by atoms with van der Waals surface area (Å²) in [4.78, 5) is 0. The third-order valence-corrected chi connectivity index (χ3v) is 4.49. The lowest BCUT2D eigenvalue weighted by Gasteiger charge is -2.60. The lowest BCUT2D eigenvalue weighted by atomic mass is 9.55. The summed E-state index contributed by atoms with van der Waals surface area (Å²) in [5, 5.41) is 13.1. The molecule has 0 amide bonds. The van der Waals surface area contributed by atoms with E-state index in [2.05, 4.69) is 26.1 Å². The molecule has 0 aromatic carbocycles. The molecule has 0 aromatic rings. The molecule has 1 saturated carbocycles. The number of aliphatic hydroxyl groups excluding tert-OH is 1. The highest BCUT2D eigenvalue weighted by molar-refractivity contribution is 5.10. The molecule has 2 aliphatic rings. The Kier molecular flexibility index (Phi) is 3.81. The zero-order valence-corrected chi connectivity index (χ0v) is 11.6. The van der Waals surface area contributed by atoms with Crippen molar-refractivity contribution in [1.82, 2.24) is 5.32 Å². The van der Waals surface area contributed by atoms with Crippen LogP contribution in [0.1, 0.15) is 47.0 Å². The van der Waals surface area contributed by atoms with Gasteiger partial charge in [0.1, 0.15) is 0 Å². The minimum Gasteiger partial charge on any atom is -0.393 e. The molecule has 1 aliphatic heterocycles. The molecule has 0 aromatic heterocycles. The fourth-order valence-electron chi connectivity index (χ4n) is 3.75. The zero-order valence-electron chi connectivity index (χ0n) is 11.6. The van der Waals surface area contributed by atoms with E-state index in [4.69, 9.17) is 4.74 Å². The number of fused-ring (bicyclic) bond motifs is 1. The molecule has 17 heavy (non-hydrogen) atoms. The van der Waals surface area contributed by atoms with Crippen molar-refractivity contribution >= 4 is 0 Å². The van der Waals surface area contributed by atoms with Crippen LogP contribution in [0.25, 0.3) is 0 Å². The Hall–Kier alpha value is -0.120. The van der Waals surface area contributed by atoms with Crippen LogP contribution in [-0.2, 0) is 4.74 Å². The number of ether oxygens (including phenoxy) is 1. The quantitative estimate of drug-likeness (QED) is 0.790. The van der Waals surface area contributed by atoms with Gasteiger partial charge in [-0.3, -0.25) is 0 Å². The Labute approximate surface area is 105 Å². The molecule has 0 bridgehead atoms. The van der Waals surface area contributed by atoms with Crippen LogP contribution >= 0.6 is 0 Å². The maximum atomic E-state index is 9.42. The van der Waals surface area contributed by atoms with Crippen LogP contribution in [0.2, 0.25) is 0 Å². The maximum Gasteiger partial charge on any atom is 0.0684 e. The normalized spacial score (nSPS) is 39.0. The van der Waals surface area contributed by atoms with Gasteiger partial charge >= 0.3 is 0 Å². The summed E-state index contributed by atoms with van der Waals surface area (Å²) in [6.45, 7) is 9.55. The summed E-state index contributed by atoms with van der Waals surface area (Å²) in [6, 6.07) is 0.920. The minimum atomic E-state index is -0.223. The van der Waals surface area contributed by atoms with E-state index in [-0.39, 0.29) is 11.5 Å². The maximum absolute atomic E-state index is 9.42. The second kappa shape index (κ2) is 4.87. The average molecular weight is 241 g/mol. The van der Waals surface area contributed by atoms with Gasteiger partial charge in [0.05, 0.1) is 12.2 Å². The Morgan fingerprint density at radius 1 is 1.41 bits per heavy atom. The van der Waals surface area contributed by atoms with Crippen LogP contribution in [0.5, 0.6) is 0 Å². The van der Waals surface area contributed by atoms with Crippen LogP contribution in [-0.4, -0.2) is 36.0 Å². The second-order valence-electron chi connectivity index (χ2n) is 6.55. The Morgan fingerprint density at radius 3 is 2.76 bits per heavy atom. The third kappa shape index (κ3) is 2.51. The first-order chi connectivity index (χ1) is 7.93. The van der Waals surface area contributed by atoms with Gasteiger partial charge in [0.25, 0.3) is 0 Å². The molecule has 1 aliphatic carbocycles. The first-order valence-corrected chi connectivity index (χ1v) is 6.98. The van der Waals surface area contributed by atoms with E-state index < -0.39 is 0 Å². The molecule has 2 rings (SSSR count). The van der Waals surface area contributed by atoms with Gasteiger partial charge in [-0.05, 0) is 33.1 Å². The molecule has 2 N–H and O–H groups in total. The molecule has 3 nitrogen and oxygen atoms in total. The molecule has 5 unspecified atom stereocenters. The first-order valence-electron chi connectivity index (χ1n) is 6.98. The molecule has 3 heteroatoms. The van der Waals surface area contributed by atoms with E-state index in [0.29, 0.717) is 24.1 Å². The van der Waals surface area contributed by atoms with E-state index in [9.17, 15) is 5.11 Å². The monoisotopic (exact) mass is 241 g/mol. The number of rotatable bonds is 4. The van der Waals surface area contributed by atoms with Gasteiger partial charge in [0.15, 0.2) is 0 Å². The topological polar surface area (TPSA) is 41.5 Å². The van der Waals surface area contributed by atoms with Crippen molar-refractivity contribution in [1.29, 1.82) is 0 Å². The Bertz CT molecular complexity index is 265. The summed E-state index contributed by atoms with van der Waals surface area (Å²) in [5.74, 6) is 0.676. The number of hydrogen-bond acceptors (Lipinski definition) is 3. The average Bonchev–Trinajstić information content (AvgIpc) is 2.25. The fraction of sp³-hybridized carbons (Fsp3) is 1.00. The van der Waals surface area contributed by atoms with E-state index in [1.807, 2.05) is 6.92 Å². The summed E-state index contributed by atoms with van der Waals surface area (Å²) in [7, 11) is 0. The van der Waals surface area contributed by atoms with Gasteiger partial charge in [0, 0.05) is 30.0 Å². The summed E-state index contributed by atoms with van der Waals surface area (Å²) < 4.78 is 5.90. The molecular weight excluding hydrogens is 214 g/mol. The van der Waals surface area contributed by atoms with Gasteiger partial charge in [-0.2, -0.15) is 0 Å². The van der Waals surface area contributed by atoms with E-state index >= 15 is 0 Å². The van der Waals surface area contributed by atoms with Crippen molar-refractivity contribution in [3.05, 3.63) is 0 Å². The van der Waals surface area contributed by atoms with Crippen molar-refractivity contribution in [3.8, 4) is 0 Å². The van der Waals surface area contributed by atoms with Gasteiger partial charge < -0.3 is 15.2 Å². The predicted molar refractivity (Wildman–Crippen MR) is 68.9 cm³/mol. The number of nitrogens with one attached hydrogen (secondary N) is 1. The Balaban J connectivity index is 1.91. The summed E-state index contributed by atoms with van der Waals surface area (Å²) in [5.41, 5.74) is 0.234. The first kappa shape index (κ1) is 13.3. The SMILES string of the molecule is CC(O)CC(C)NC1C2CCCOC2C1(C)C. The highest BCUT2D eigenvalue weighted by Crippen LogP contribution is 2.51. The molecular formula is C14H27NO2. The molecule has 1 heterocycles. The van der Waals surface area contributed by atoms with Crippen molar-refractivity contribution in [3.63, 3.8) is 0 Å². The van der Waals surface area contributed by atoms with Gasteiger partial charge in [-0.25, -0.2) is 0 Å². The fourth-order valence-corrected chi connectivity index (χ4v) is 3.75. The highest BCUT2D eigenvalue weighted by atomic mass is 16.5. The number of hydrogen-bond donors (Lipinski definition) is 2.